The Balaban J connectivity index is 2.67. The molecule has 1 amide bonds. The van der Waals surface area contributed by atoms with Crippen LogP contribution in [-0.2, 0) is 11.2 Å². The first-order chi connectivity index (χ1) is 8.54. The Morgan fingerprint density at radius 2 is 2.28 bits per heavy atom. The number of nitrogens with two attached hydrogens (primary N) is 1. The van der Waals surface area contributed by atoms with Crippen molar-refractivity contribution < 1.29 is 4.79 Å². The maximum atomic E-state index is 12.1. The molecule has 0 unspecified atom stereocenters. The predicted molar refractivity (Wildman–Crippen MR) is 69.4 cm³/mol. The molecule has 1 rings (SSSR count). The van der Waals surface area contributed by atoms with Crippen molar-refractivity contribution >= 4 is 11.6 Å². The first kappa shape index (κ1) is 14.0. The Morgan fingerprint density at radius 3 is 2.78 bits per heavy atom. The molecule has 0 aliphatic carbocycles. The van der Waals surface area contributed by atoms with Crippen molar-refractivity contribution in [2.24, 2.45) is 0 Å². The normalized spacial score (nSPS) is 10.1. The van der Waals surface area contributed by atoms with E-state index in [9.17, 15) is 4.79 Å². The second-order valence-corrected chi connectivity index (χ2v) is 4.35. The number of hydrogen-bond acceptors (Lipinski definition) is 4. The van der Waals surface area contributed by atoms with Gasteiger partial charge in [0.2, 0.25) is 5.91 Å². The lowest BCUT2D eigenvalue weighted by atomic mass is 10.2. The van der Waals surface area contributed by atoms with Crippen molar-refractivity contribution in [3.8, 4) is 6.07 Å². The highest BCUT2D eigenvalue weighted by Gasteiger charge is 2.17. The fourth-order valence-corrected chi connectivity index (χ4v) is 1.64. The zero-order valence-electron chi connectivity index (χ0n) is 10.8. The summed E-state index contributed by atoms with van der Waals surface area (Å²) in [5.74, 6) is -0.0162. The molecule has 0 aliphatic rings. The van der Waals surface area contributed by atoms with Gasteiger partial charge in [0.25, 0.3) is 0 Å². The van der Waals surface area contributed by atoms with Crippen molar-refractivity contribution in [2.45, 2.75) is 32.7 Å². The number of rotatable bonds is 5. The summed E-state index contributed by atoms with van der Waals surface area (Å²) in [5.41, 5.74) is 6.81. The van der Waals surface area contributed by atoms with Crippen molar-refractivity contribution in [1.82, 2.24) is 9.88 Å². The predicted octanol–water partition coefficient (Wildman–Crippen LogP) is 1.36. The van der Waals surface area contributed by atoms with Crippen LogP contribution in [0.25, 0.3) is 0 Å². The van der Waals surface area contributed by atoms with E-state index in [1.807, 2.05) is 13.8 Å². The van der Waals surface area contributed by atoms with Crippen molar-refractivity contribution in [3.05, 3.63) is 24.0 Å². The van der Waals surface area contributed by atoms with E-state index in [0.717, 1.165) is 0 Å². The van der Waals surface area contributed by atoms with Gasteiger partial charge in [-0.1, -0.05) is 0 Å². The number of carbonyl (C=O) groups is 1. The first-order valence-electron chi connectivity index (χ1n) is 5.91. The minimum absolute atomic E-state index is 0.0162. The summed E-state index contributed by atoms with van der Waals surface area (Å²) in [6, 6.07) is 5.61. The van der Waals surface area contributed by atoms with Gasteiger partial charge in [-0.15, -0.1) is 0 Å². The van der Waals surface area contributed by atoms with Gasteiger partial charge in [-0.2, -0.15) is 5.26 Å². The molecule has 18 heavy (non-hydrogen) atoms. The van der Waals surface area contributed by atoms with E-state index in [0.29, 0.717) is 24.3 Å². The number of pyridine rings is 1. The third kappa shape index (κ3) is 4.06. The van der Waals surface area contributed by atoms with Crippen LogP contribution in [0.3, 0.4) is 0 Å². The summed E-state index contributed by atoms with van der Waals surface area (Å²) >= 11 is 0. The average molecular weight is 246 g/mol. The molecule has 5 heteroatoms. The maximum absolute atomic E-state index is 12.1. The monoisotopic (exact) mass is 246 g/mol. The van der Waals surface area contributed by atoms with Crippen molar-refractivity contribution in [3.63, 3.8) is 0 Å². The first-order valence-corrected chi connectivity index (χ1v) is 5.91. The molecule has 0 saturated carbocycles. The fraction of sp³-hybridized carbons (Fsp3) is 0.462. The molecule has 5 nitrogen and oxygen atoms in total. The number of aromatic nitrogens is 1. The molecule has 2 N–H and O–H groups in total. The number of nitrogens with zero attached hydrogens (tertiary/aromatic N) is 3. The molecule has 0 fully saturated rings. The molecule has 0 radical (unpaired) electrons. The van der Waals surface area contributed by atoms with E-state index in [1.54, 1.807) is 17.0 Å². The maximum Gasteiger partial charge on any atom is 0.228 e. The van der Waals surface area contributed by atoms with Crippen LogP contribution >= 0.6 is 0 Å². The number of anilines is 1. The molecule has 1 aromatic heterocycles. The zero-order chi connectivity index (χ0) is 13.5. The largest absolute Gasteiger partial charge is 0.397 e. The van der Waals surface area contributed by atoms with Gasteiger partial charge in [-0.05, 0) is 26.0 Å². The van der Waals surface area contributed by atoms with Crippen LogP contribution in [0.5, 0.6) is 0 Å². The Kier molecular flexibility index (Phi) is 5.12. The number of amides is 1. The third-order valence-corrected chi connectivity index (χ3v) is 2.59. The van der Waals surface area contributed by atoms with Crippen LogP contribution in [0, 0.1) is 11.3 Å². The highest BCUT2D eigenvalue weighted by atomic mass is 16.2. The van der Waals surface area contributed by atoms with Gasteiger partial charge in [0.1, 0.15) is 0 Å². The molecule has 0 spiro atoms. The molecule has 96 valence electrons. The Labute approximate surface area is 107 Å². The third-order valence-electron chi connectivity index (χ3n) is 2.59. The van der Waals surface area contributed by atoms with Crippen LogP contribution in [0.4, 0.5) is 5.69 Å². The smallest absolute Gasteiger partial charge is 0.228 e. The molecular weight excluding hydrogens is 228 g/mol. The van der Waals surface area contributed by atoms with E-state index in [4.69, 9.17) is 11.0 Å². The summed E-state index contributed by atoms with van der Waals surface area (Å²) in [6.45, 7) is 4.33. The van der Waals surface area contributed by atoms with E-state index < -0.39 is 0 Å². The second-order valence-electron chi connectivity index (χ2n) is 4.35. The molecule has 0 aromatic carbocycles. The summed E-state index contributed by atoms with van der Waals surface area (Å²) in [6.07, 6.45) is 2.13. The second kappa shape index (κ2) is 6.60. The van der Waals surface area contributed by atoms with Gasteiger partial charge in [0.15, 0.2) is 0 Å². The number of hydrogen-bond donors (Lipinski definition) is 1. The zero-order valence-corrected chi connectivity index (χ0v) is 10.8. The molecule has 1 aromatic rings. The van der Waals surface area contributed by atoms with Gasteiger partial charge < -0.3 is 10.6 Å². The van der Waals surface area contributed by atoms with Crippen LogP contribution in [0.1, 0.15) is 26.0 Å². The minimum atomic E-state index is -0.0162. The number of nitrogen functional groups attached to an aromatic ring is 1. The molecule has 0 atom stereocenters. The van der Waals surface area contributed by atoms with Gasteiger partial charge in [0.05, 0.1) is 30.8 Å². The van der Waals surface area contributed by atoms with Gasteiger partial charge in [0, 0.05) is 18.3 Å². The SMILES string of the molecule is CC(C)N(CCC#N)C(=O)Cc1ccc(N)cn1. The Morgan fingerprint density at radius 1 is 1.56 bits per heavy atom. The van der Waals surface area contributed by atoms with Crippen LogP contribution in [-0.4, -0.2) is 28.4 Å². The lowest BCUT2D eigenvalue weighted by molar-refractivity contribution is -0.132. The van der Waals surface area contributed by atoms with E-state index in [1.165, 1.54) is 6.20 Å². The quantitative estimate of drug-likeness (QED) is 0.850. The van der Waals surface area contributed by atoms with E-state index in [-0.39, 0.29) is 18.4 Å². The average Bonchev–Trinajstić information content (AvgIpc) is 2.32. The lowest BCUT2D eigenvalue weighted by Crippen LogP contribution is -2.38. The van der Waals surface area contributed by atoms with E-state index >= 15 is 0 Å². The summed E-state index contributed by atoms with van der Waals surface area (Å²) < 4.78 is 0. The Bertz CT molecular complexity index is 433. The summed E-state index contributed by atoms with van der Waals surface area (Å²) in [4.78, 5) is 17.9. The molecule has 0 aliphatic heterocycles. The number of carbonyl (C=O) groups excluding carboxylic acids is 1. The van der Waals surface area contributed by atoms with Crippen LogP contribution in [0.15, 0.2) is 18.3 Å². The summed E-state index contributed by atoms with van der Waals surface area (Å²) in [7, 11) is 0. The Hall–Kier alpha value is -2.09. The highest BCUT2D eigenvalue weighted by Crippen LogP contribution is 2.07. The fourth-order valence-electron chi connectivity index (χ4n) is 1.64. The van der Waals surface area contributed by atoms with Gasteiger partial charge in [-0.3, -0.25) is 9.78 Å². The van der Waals surface area contributed by atoms with Crippen molar-refractivity contribution in [1.29, 1.82) is 5.26 Å². The van der Waals surface area contributed by atoms with Crippen LogP contribution < -0.4 is 5.73 Å². The minimum Gasteiger partial charge on any atom is -0.397 e. The van der Waals surface area contributed by atoms with Gasteiger partial charge in [-0.25, -0.2) is 0 Å². The molecular formula is C13H18N4O. The number of nitriles is 1. The van der Waals surface area contributed by atoms with E-state index in [2.05, 4.69) is 11.1 Å². The standard InChI is InChI=1S/C13H18N4O/c1-10(2)17(7-3-6-14)13(18)8-12-5-4-11(15)9-16-12/h4-5,9-10H,3,7-8,15H2,1-2H3. The molecule has 0 saturated heterocycles. The highest BCUT2D eigenvalue weighted by molar-refractivity contribution is 5.78. The van der Waals surface area contributed by atoms with Gasteiger partial charge >= 0.3 is 0 Å². The molecule has 1 heterocycles. The summed E-state index contributed by atoms with van der Waals surface area (Å²) in [5, 5.41) is 8.58. The topological polar surface area (TPSA) is 83.0 Å². The van der Waals surface area contributed by atoms with Crippen LogP contribution in [0.2, 0.25) is 0 Å². The van der Waals surface area contributed by atoms with Crippen molar-refractivity contribution in [2.75, 3.05) is 12.3 Å². The lowest BCUT2D eigenvalue weighted by Gasteiger charge is -2.25. The molecule has 0 bridgehead atoms.